The molecule has 0 saturated heterocycles. The molecule has 0 atom stereocenters. The SMILES string of the molecule is COc1c(CC2(O)CC2)ccc(C)c1F. The van der Waals surface area contributed by atoms with E-state index < -0.39 is 5.60 Å². The van der Waals surface area contributed by atoms with Crippen molar-refractivity contribution < 1.29 is 14.2 Å². The molecule has 0 spiro atoms. The van der Waals surface area contributed by atoms with Gasteiger partial charge in [-0.25, -0.2) is 4.39 Å². The second-order valence-corrected chi connectivity index (χ2v) is 4.29. The summed E-state index contributed by atoms with van der Waals surface area (Å²) in [6, 6.07) is 3.55. The van der Waals surface area contributed by atoms with E-state index in [1.54, 1.807) is 13.0 Å². The van der Waals surface area contributed by atoms with E-state index in [4.69, 9.17) is 4.74 Å². The predicted molar refractivity (Wildman–Crippen MR) is 55.6 cm³/mol. The van der Waals surface area contributed by atoms with Crippen molar-refractivity contribution in [1.29, 1.82) is 0 Å². The van der Waals surface area contributed by atoms with Gasteiger partial charge in [0.05, 0.1) is 12.7 Å². The highest BCUT2D eigenvalue weighted by Gasteiger charge is 2.41. The molecule has 0 unspecified atom stereocenters. The zero-order valence-electron chi connectivity index (χ0n) is 9.01. The molecule has 1 aliphatic rings. The number of aryl methyl sites for hydroxylation is 1. The number of benzene rings is 1. The maximum Gasteiger partial charge on any atom is 0.168 e. The fraction of sp³-hybridized carbons (Fsp3) is 0.500. The molecular formula is C12H15FO2. The zero-order valence-corrected chi connectivity index (χ0v) is 9.01. The predicted octanol–water partition coefficient (Wildman–Crippen LogP) is 2.21. The smallest absolute Gasteiger partial charge is 0.168 e. The van der Waals surface area contributed by atoms with Gasteiger partial charge in [0, 0.05) is 12.0 Å². The van der Waals surface area contributed by atoms with E-state index in [1.165, 1.54) is 7.11 Å². The van der Waals surface area contributed by atoms with Gasteiger partial charge >= 0.3 is 0 Å². The van der Waals surface area contributed by atoms with E-state index in [9.17, 15) is 9.50 Å². The van der Waals surface area contributed by atoms with E-state index in [1.807, 2.05) is 6.07 Å². The van der Waals surface area contributed by atoms with Crippen LogP contribution in [0.15, 0.2) is 12.1 Å². The van der Waals surface area contributed by atoms with Crippen LogP contribution in [-0.2, 0) is 6.42 Å². The Morgan fingerprint density at radius 1 is 1.47 bits per heavy atom. The Morgan fingerprint density at radius 3 is 2.67 bits per heavy atom. The highest BCUT2D eigenvalue weighted by atomic mass is 19.1. The molecule has 2 nitrogen and oxygen atoms in total. The van der Waals surface area contributed by atoms with Crippen molar-refractivity contribution in [2.75, 3.05) is 7.11 Å². The number of methoxy groups -OCH3 is 1. The lowest BCUT2D eigenvalue weighted by Crippen LogP contribution is -2.12. The lowest BCUT2D eigenvalue weighted by atomic mass is 10.0. The van der Waals surface area contributed by atoms with Crippen LogP contribution in [0, 0.1) is 12.7 Å². The molecule has 1 aromatic rings. The Kier molecular flexibility index (Phi) is 2.43. The van der Waals surface area contributed by atoms with E-state index in [-0.39, 0.29) is 11.6 Å². The number of aliphatic hydroxyl groups is 1. The van der Waals surface area contributed by atoms with Gasteiger partial charge in [-0.05, 0) is 25.3 Å². The molecule has 0 heterocycles. The summed E-state index contributed by atoms with van der Waals surface area (Å²) in [5, 5.41) is 9.78. The second-order valence-electron chi connectivity index (χ2n) is 4.29. The largest absolute Gasteiger partial charge is 0.493 e. The molecule has 1 fully saturated rings. The Bertz CT molecular complexity index is 383. The van der Waals surface area contributed by atoms with Gasteiger partial charge in [-0.2, -0.15) is 0 Å². The van der Waals surface area contributed by atoms with Gasteiger partial charge in [-0.1, -0.05) is 12.1 Å². The van der Waals surface area contributed by atoms with E-state index in [0.29, 0.717) is 12.0 Å². The number of hydrogen-bond acceptors (Lipinski definition) is 2. The lowest BCUT2D eigenvalue weighted by Gasteiger charge is -2.13. The summed E-state index contributed by atoms with van der Waals surface area (Å²) in [5.74, 6) is -0.0467. The highest BCUT2D eigenvalue weighted by molar-refractivity contribution is 5.40. The van der Waals surface area contributed by atoms with E-state index in [0.717, 1.165) is 18.4 Å². The first-order valence-electron chi connectivity index (χ1n) is 5.10. The molecule has 0 aromatic heterocycles. The Morgan fingerprint density at radius 2 is 2.13 bits per heavy atom. The van der Waals surface area contributed by atoms with Crippen molar-refractivity contribution in [2.45, 2.75) is 31.8 Å². The molecule has 82 valence electrons. The Hall–Kier alpha value is -1.09. The minimum Gasteiger partial charge on any atom is -0.493 e. The molecule has 1 saturated carbocycles. The molecule has 0 bridgehead atoms. The second kappa shape index (κ2) is 3.49. The van der Waals surface area contributed by atoms with Gasteiger partial charge < -0.3 is 9.84 Å². The van der Waals surface area contributed by atoms with Crippen LogP contribution in [0.3, 0.4) is 0 Å². The molecule has 3 heteroatoms. The van der Waals surface area contributed by atoms with Gasteiger partial charge in [0.1, 0.15) is 0 Å². The van der Waals surface area contributed by atoms with Crippen LogP contribution in [0.25, 0.3) is 0 Å². The average Bonchev–Trinajstić information content (AvgIpc) is 2.91. The highest BCUT2D eigenvalue weighted by Crippen LogP contribution is 2.40. The van der Waals surface area contributed by atoms with Crippen molar-refractivity contribution >= 4 is 0 Å². The van der Waals surface area contributed by atoms with E-state index >= 15 is 0 Å². The van der Waals surface area contributed by atoms with Gasteiger partial charge in [0.2, 0.25) is 0 Å². The van der Waals surface area contributed by atoms with Gasteiger partial charge in [-0.15, -0.1) is 0 Å². The quantitative estimate of drug-likeness (QED) is 0.828. The van der Waals surface area contributed by atoms with Crippen molar-refractivity contribution in [1.82, 2.24) is 0 Å². The third-order valence-electron chi connectivity index (χ3n) is 2.92. The summed E-state index contributed by atoms with van der Waals surface area (Å²) in [7, 11) is 1.46. The van der Waals surface area contributed by atoms with Crippen LogP contribution in [-0.4, -0.2) is 17.8 Å². The average molecular weight is 210 g/mol. The standard InChI is InChI=1S/C12H15FO2/c1-8-3-4-9(7-12(14)5-6-12)11(15-2)10(8)13/h3-4,14H,5-7H2,1-2H3. The molecule has 1 aliphatic carbocycles. The van der Waals surface area contributed by atoms with Crippen molar-refractivity contribution in [3.63, 3.8) is 0 Å². The van der Waals surface area contributed by atoms with Crippen molar-refractivity contribution in [2.24, 2.45) is 0 Å². The molecule has 2 rings (SSSR count). The van der Waals surface area contributed by atoms with Crippen LogP contribution >= 0.6 is 0 Å². The fourth-order valence-electron chi connectivity index (χ4n) is 1.73. The maximum absolute atomic E-state index is 13.7. The Balaban J connectivity index is 2.34. The molecule has 0 aliphatic heterocycles. The van der Waals surface area contributed by atoms with Crippen LogP contribution in [0.1, 0.15) is 24.0 Å². The first-order valence-corrected chi connectivity index (χ1v) is 5.10. The zero-order chi connectivity index (χ0) is 11.1. The summed E-state index contributed by atoms with van der Waals surface area (Å²) in [4.78, 5) is 0. The van der Waals surface area contributed by atoms with Crippen LogP contribution in [0.5, 0.6) is 5.75 Å². The number of rotatable bonds is 3. The molecule has 0 radical (unpaired) electrons. The minimum absolute atomic E-state index is 0.273. The molecule has 1 N–H and O–H groups in total. The monoisotopic (exact) mass is 210 g/mol. The summed E-state index contributed by atoms with van der Waals surface area (Å²) in [6.45, 7) is 1.70. The summed E-state index contributed by atoms with van der Waals surface area (Å²) in [5.41, 5.74) is 0.702. The van der Waals surface area contributed by atoms with E-state index in [2.05, 4.69) is 0 Å². The molecule has 1 aromatic carbocycles. The summed E-state index contributed by atoms with van der Waals surface area (Å²) >= 11 is 0. The number of ether oxygens (including phenoxy) is 1. The number of hydrogen-bond donors (Lipinski definition) is 1. The van der Waals surface area contributed by atoms with Gasteiger partial charge in [-0.3, -0.25) is 0 Å². The summed E-state index contributed by atoms with van der Waals surface area (Å²) in [6.07, 6.45) is 2.07. The first kappa shape index (κ1) is 10.4. The van der Waals surface area contributed by atoms with Crippen LogP contribution in [0.2, 0.25) is 0 Å². The van der Waals surface area contributed by atoms with Gasteiger partial charge in [0.25, 0.3) is 0 Å². The molecule has 0 amide bonds. The molecular weight excluding hydrogens is 195 g/mol. The molecule has 15 heavy (non-hydrogen) atoms. The van der Waals surface area contributed by atoms with Crippen LogP contribution < -0.4 is 4.74 Å². The fourth-order valence-corrected chi connectivity index (χ4v) is 1.73. The number of halogens is 1. The third-order valence-corrected chi connectivity index (χ3v) is 2.92. The maximum atomic E-state index is 13.7. The minimum atomic E-state index is -0.616. The summed E-state index contributed by atoms with van der Waals surface area (Å²) < 4.78 is 18.7. The van der Waals surface area contributed by atoms with Crippen LogP contribution in [0.4, 0.5) is 4.39 Å². The first-order chi connectivity index (χ1) is 7.06. The normalized spacial score (nSPS) is 17.6. The third kappa shape index (κ3) is 1.97. The van der Waals surface area contributed by atoms with Crippen molar-refractivity contribution in [3.8, 4) is 5.75 Å². The Labute approximate surface area is 88.7 Å². The lowest BCUT2D eigenvalue weighted by molar-refractivity contribution is 0.149. The van der Waals surface area contributed by atoms with Gasteiger partial charge in [0.15, 0.2) is 11.6 Å². The van der Waals surface area contributed by atoms with Crippen molar-refractivity contribution in [3.05, 3.63) is 29.1 Å². The topological polar surface area (TPSA) is 29.5 Å².